The minimum atomic E-state index is 0.355. The third-order valence-corrected chi connectivity index (χ3v) is 4.49. The fourth-order valence-corrected chi connectivity index (χ4v) is 2.70. The zero-order valence-electron chi connectivity index (χ0n) is 13.3. The number of hydrogen-bond donors (Lipinski definition) is 1. The Kier molecular flexibility index (Phi) is 4.71. The largest absolute Gasteiger partial charge is 0.496 e. The highest BCUT2D eigenvalue weighted by Crippen LogP contribution is 2.51. The normalized spacial score (nSPS) is 21.6. The van der Waals surface area contributed by atoms with E-state index in [0.717, 1.165) is 23.8 Å². The molecule has 1 aliphatic carbocycles. The number of rotatable bonds is 7. The van der Waals surface area contributed by atoms with Crippen LogP contribution < -0.4 is 10.1 Å². The van der Waals surface area contributed by atoms with Crippen molar-refractivity contribution in [3.05, 3.63) is 29.3 Å². The van der Waals surface area contributed by atoms with Gasteiger partial charge in [-0.05, 0) is 48.9 Å². The molecule has 0 heterocycles. The fourth-order valence-electron chi connectivity index (χ4n) is 2.70. The summed E-state index contributed by atoms with van der Waals surface area (Å²) in [6.45, 7) is 8.58. The van der Waals surface area contributed by atoms with Crippen molar-refractivity contribution in [1.82, 2.24) is 5.32 Å². The molecule has 1 saturated carbocycles. The van der Waals surface area contributed by atoms with Gasteiger partial charge in [0.05, 0.1) is 13.7 Å². The molecule has 112 valence electrons. The molecule has 20 heavy (non-hydrogen) atoms. The van der Waals surface area contributed by atoms with Crippen molar-refractivity contribution >= 4 is 0 Å². The maximum absolute atomic E-state index is 5.37. The van der Waals surface area contributed by atoms with Gasteiger partial charge in [-0.3, -0.25) is 0 Å². The summed E-state index contributed by atoms with van der Waals surface area (Å²) in [6.07, 6.45) is 1.34. The average Bonchev–Trinajstić information content (AvgIpc) is 3.04. The molecule has 1 fully saturated rings. The Hall–Kier alpha value is -1.06. The van der Waals surface area contributed by atoms with Crippen molar-refractivity contribution in [3.8, 4) is 5.75 Å². The predicted molar refractivity (Wildman–Crippen MR) is 82.0 cm³/mol. The summed E-state index contributed by atoms with van der Waals surface area (Å²) in [4.78, 5) is 0. The Balaban J connectivity index is 1.98. The van der Waals surface area contributed by atoms with E-state index in [1.807, 2.05) is 6.07 Å². The van der Waals surface area contributed by atoms with Crippen molar-refractivity contribution in [1.29, 1.82) is 0 Å². The summed E-state index contributed by atoms with van der Waals surface area (Å²) in [7, 11) is 3.41. The molecule has 3 nitrogen and oxygen atoms in total. The number of ether oxygens (including phenoxy) is 2. The molecule has 0 aromatic heterocycles. The van der Waals surface area contributed by atoms with Crippen LogP contribution in [-0.4, -0.2) is 20.8 Å². The first-order valence-corrected chi connectivity index (χ1v) is 7.37. The lowest BCUT2D eigenvalue weighted by atomic mass is 10.0. The maximum atomic E-state index is 5.37. The van der Waals surface area contributed by atoms with E-state index in [1.54, 1.807) is 14.2 Å². The zero-order chi connectivity index (χ0) is 14.8. The highest BCUT2D eigenvalue weighted by atomic mass is 16.5. The Morgan fingerprint density at radius 2 is 2.05 bits per heavy atom. The molecule has 0 amide bonds. The van der Waals surface area contributed by atoms with Crippen LogP contribution in [0.4, 0.5) is 0 Å². The number of hydrogen-bond acceptors (Lipinski definition) is 3. The molecule has 0 spiro atoms. The predicted octanol–water partition coefficient (Wildman–Crippen LogP) is 3.54. The Bertz CT molecular complexity index is 456. The molecule has 1 aromatic carbocycles. The van der Waals surface area contributed by atoms with E-state index in [9.17, 15) is 0 Å². The molecule has 0 saturated heterocycles. The van der Waals surface area contributed by atoms with E-state index in [4.69, 9.17) is 9.47 Å². The smallest absolute Gasteiger partial charge is 0.124 e. The van der Waals surface area contributed by atoms with E-state index < -0.39 is 0 Å². The molecule has 1 aromatic rings. The van der Waals surface area contributed by atoms with Crippen molar-refractivity contribution in [2.24, 2.45) is 11.3 Å². The third-order valence-electron chi connectivity index (χ3n) is 4.49. The Morgan fingerprint density at radius 3 is 2.60 bits per heavy atom. The molecule has 0 bridgehead atoms. The van der Waals surface area contributed by atoms with E-state index >= 15 is 0 Å². The summed E-state index contributed by atoms with van der Waals surface area (Å²) in [5.74, 6) is 1.72. The average molecular weight is 277 g/mol. The van der Waals surface area contributed by atoms with Gasteiger partial charge in [0.25, 0.3) is 0 Å². The van der Waals surface area contributed by atoms with Gasteiger partial charge in [-0.25, -0.2) is 0 Å². The van der Waals surface area contributed by atoms with E-state index in [0.29, 0.717) is 18.1 Å². The maximum Gasteiger partial charge on any atom is 0.124 e. The Morgan fingerprint density at radius 1 is 1.35 bits per heavy atom. The van der Waals surface area contributed by atoms with Crippen LogP contribution in [0.25, 0.3) is 0 Å². The van der Waals surface area contributed by atoms with Crippen LogP contribution in [0.2, 0.25) is 0 Å². The minimum Gasteiger partial charge on any atom is -0.496 e. The van der Waals surface area contributed by atoms with Crippen LogP contribution in [0.3, 0.4) is 0 Å². The SMILES string of the molecule is COCc1cc(C(C)NCC2CC2(C)C)ccc1OC. The second kappa shape index (κ2) is 6.15. The summed E-state index contributed by atoms with van der Waals surface area (Å²) in [6, 6.07) is 6.70. The van der Waals surface area contributed by atoms with Crippen LogP contribution in [0, 0.1) is 11.3 Å². The van der Waals surface area contributed by atoms with Gasteiger partial charge in [0.1, 0.15) is 5.75 Å². The standard InChI is InChI=1S/C17H27NO2/c1-12(18-10-15-9-17(15,2)3)13-6-7-16(20-5)14(8-13)11-19-4/h6-8,12,15,18H,9-11H2,1-5H3. The topological polar surface area (TPSA) is 30.5 Å². The van der Waals surface area contributed by atoms with Gasteiger partial charge in [0, 0.05) is 18.7 Å². The monoisotopic (exact) mass is 277 g/mol. The first-order valence-electron chi connectivity index (χ1n) is 7.37. The van der Waals surface area contributed by atoms with E-state index in [1.165, 1.54) is 12.0 Å². The van der Waals surface area contributed by atoms with Gasteiger partial charge in [-0.1, -0.05) is 19.9 Å². The molecular formula is C17H27NO2. The lowest BCUT2D eigenvalue weighted by molar-refractivity contribution is 0.181. The third kappa shape index (κ3) is 3.53. The van der Waals surface area contributed by atoms with Gasteiger partial charge >= 0.3 is 0 Å². The number of benzene rings is 1. The number of methoxy groups -OCH3 is 2. The first kappa shape index (κ1) is 15.3. The summed E-state index contributed by atoms with van der Waals surface area (Å²) < 4.78 is 10.6. The van der Waals surface area contributed by atoms with Crippen LogP contribution >= 0.6 is 0 Å². The van der Waals surface area contributed by atoms with Crippen molar-refractivity contribution in [3.63, 3.8) is 0 Å². The molecule has 3 heteroatoms. The van der Waals surface area contributed by atoms with Crippen molar-refractivity contribution in [2.75, 3.05) is 20.8 Å². The molecule has 0 radical (unpaired) electrons. The van der Waals surface area contributed by atoms with Gasteiger partial charge < -0.3 is 14.8 Å². The summed E-state index contributed by atoms with van der Waals surface area (Å²) >= 11 is 0. The highest BCUT2D eigenvalue weighted by Gasteiger charge is 2.44. The lowest BCUT2D eigenvalue weighted by Gasteiger charge is -2.17. The quantitative estimate of drug-likeness (QED) is 0.827. The summed E-state index contributed by atoms with van der Waals surface area (Å²) in [5.41, 5.74) is 2.93. The zero-order valence-corrected chi connectivity index (χ0v) is 13.3. The van der Waals surface area contributed by atoms with Crippen LogP contribution in [0.5, 0.6) is 5.75 Å². The van der Waals surface area contributed by atoms with Gasteiger partial charge in [0.2, 0.25) is 0 Å². The summed E-state index contributed by atoms with van der Waals surface area (Å²) in [5, 5.41) is 3.64. The van der Waals surface area contributed by atoms with E-state index in [2.05, 4.69) is 38.2 Å². The molecule has 1 aliphatic rings. The van der Waals surface area contributed by atoms with Crippen LogP contribution in [0.15, 0.2) is 18.2 Å². The van der Waals surface area contributed by atoms with Gasteiger partial charge in [-0.15, -0.1) is 0 Å². The lowest BCUT2D eigenvalue weighted by Crippen LogP contribution is -2.22. The van der Waals surface area contributed by atoms with Crippen LogP contribution in [0.1, 0.15) is 44.4 Å². The Labute approximate surface area is 122 Å². The van der Waals surface area contributed by atoms with Crippen LogP contribution in [-0.2, 0) is 11.3 Å². The number of nitrogens with one attached hydrogen (secondary N) is 1. The second-order valence-electron chi connectivity index (χ2n) is 6.52. The highest BCUT2D eigenvalue weighted by molar-refractivity contribution is 5.38. The van der Waals surface area contributed by atoms with E-state index in [-0.39, 0.29) is 0 Å². The molecule has 2 rings (SSSR count). The first-order chi connectivity index (χ1) is 9.47. The van der Waals surface area contributed by atoms with Crippen molar-refractivity contribution < 1.29 is 9.47 Å². The van der Waals surface area contributed by atoms with Crippen molar-refractivity contribution in [2.45, 2.75) is 39.8 Å². The molecular weight excluding hydrogens is 250 g/mol. The molecule has 1 N–H and O–H groups in total. The van der Waals surface area contributed by atoms with Gasteiger partial charge in [-0.2, -0.15) is 0 Å². The second-order valence-corrected chi connectivity index (χ2v) is 6.52. The molecule has 2 atom stereocenters. The minimum absolute atomic E-state index is 0.355. The van der Waals surface area contributed by atoms with Gasteiger partial charge in [0.15, 0.2) is 0 Å². The molecule has 2 unspecified atom stereocenters. The molecule has 0 aliphatic heterocycles. The fraction of sp³-hybridized carbons (Fsp3) is 0.647.